The second-order valence-corrected chi connectivity index (χ2v) is 11.9. The van der Waals surface area contributed by atoms with Gasteiger partial charge in [0.1, 0.15) is 0 Å². The zero-order chi connectivity index (χ0) is 27.0. The molecule has 0 saturated heterocycles. The second-order valence-electron chi connectivity index (χ2n) is 11.9. The molecule has 0 radical (unpaired) electrons. The van der Waals surface area contributed by atoms with E-state index >= 15 is 0 Å². The van der Waals surface area contributed by atoms with Crippen molar-refractivity contribution >= 4 is 21.5 Å². The molecule has 198 valence electrons. The Kier molecular flexibility index (Phi) is 5.01. The number of aromatic nitrogens is 2. The molecule has 9 rings (SSSR count). The van der Waals surface area contributed by atoms with E-state index in [9.17, 15) is 0 Å². The third-order valence-corrected chi connectivity index (χ3v) is 9.98. The van der Waals surface area contributed by atoms with Gasteiger partial charge in [0.15, 0.2) is 0 Å². The largest absolute Gasteiger partial charge is 0.306 e. The van der Waals surface area contributed by atoms with Crippen LogP contribution in [0.2, 0.25) is 0 Å². The van der Waals surface area contributed by atoms with Gasteiger partial charge >= 0.3 is 0 Å². The lowest BCUT2D eigenvalue weighted by Crippen LogP contribution is -2.54. The van der Waals surface area contributed by atoms with Crippen LogP contribution in [0.3, 0.4) is 0 Å². The molecule has 1 saturated carbocycles. The minimum Gasteiger partial charge on any atom is -0.306 e. The first-order chi connectivity index (χ1) is 20.3. The first-order valence-electron chi connectivity index (χ1n) is 14.7. The Hall–Kier alpha value is -4.38. The summed E-state index contributed by atoms with van der Waals surface area (Å²) in [5.41, 5.74) is 8.23. The van der Waals surface area contributed by atoms with Crippen LogP contribution in [0.4, 0.5) is 0 Å². The van der Waals surface area contributed by atoms with Crippen LogP contribution in [0.5, 0.6) is 0 Å². The minimum atomic E-state index is 0.0656. The van der Waals surface area contributed by atoms with Crippen molar-refractivity contribution in [3.05, 3.63) is 155 Å². The highest BCUT2D eigenvalue weighted by molar-refractivity contribution is 5.82. The molecule has 4 aromatic carbocycles. The molecule has 4 heteroatoms. The molecule has 0 bridgehead atoms. The summed E-state index contributed by atoms with van der Waals surface area (Å²) in [6, 6.07) is 40.2. The molecule has 4 unspecified atom stereocenters. The van der Waals surface area contributed by atoms with Gasteiger partial charge in [-0.15, -0.1) is 0 Å². The third-order valence-electron chi connectivity index (χ3n) is 9.98. The molecule has 1 fully saturated rings. The quantitative estimate of drug-likeness (QED) is 0.255. The molecule has 3 aliphatic carbocycles. The number of hydrogen-bond acceptors (Lipinski definition) is 4. The van der Waals surface area contributed by atoms with Crippen molar-refractivity contribution in [3.8, 4) is 0 Å². The predicted octanol–water partition coefficient (Wildman–Crippen LogP) is 6.59. The number of rotatable bonds is 6. The van der Waals surface area contributed by atoms with Crippen LogP contribution in [0.1, 0.15) is 45.5 Å². The van der Waals surface area contributed by atoms with Gasteiger partial charge in [-0.05, 0) is 45.2 Å². The summed E-state index contributed by atoms with van der Waals surface area (Å²) >= 11 is 0. The molecule has 3 aliphatic rings. The Bertz CT molecular complexity index is 1820. The van der Waals surface area contributed by atoms with Gasteiger partial charge in [-0.1, -0.05) is 97.1 Å². The Labute approximate surface area is 239 Å². The fourth-order valence-electron chi connectivity index (χ4n) is 8.39. The maximum Gasteiger partial charge on any atom is 0.0548 e. The van der Waals surface area contributed by atoms with Gasteiger partial charge in [0.05, 0.1) is 11.4 Å². The predicted molar refractivity (Wildman–Crippen MR) is 164 cm³/mol. The van der Waals surface area contributed by atoms with E-state index in [0.29, 0.717) is 11.8 Å². The molecule has 41 heavy (non-hydrogen) atoms. The van der Waals surface area contributed by atoms with Crippen LogP contribution in [-0.4, -0.2) is 22.1 Å². The maximum atomic E-state index is 4.82. The van der Waals surface area contributed by atoms with Crippen LogP contribution < -0.4 is 10.6 Å². The van der Waals surface area contributed by atoms with Crippen LogP contribution in [0.15, 0.2) is 122 Å². The molecule has 4 nitrogen and oxygen atoms in total. The van der Waals surface area contributed by atoms with Gasteiger partial charge in [-0.3, -0.25) is 9.97 Å². The van der Waals surface area contributed by atoms with E-state index in [-0.39, 0.29) is 17.5 Å². The molecule has 0 amide bonds. The van der Waals surface area contributed by atoms with E-state index in [0.717, 1.165) is 24.5 Å². The van der Waals surface area contributed by atoms with Crippen molar-refractivity contribution in [3.63, 3.8) is 0 Å². The second kappa shape index (κ2) is 8.81. The van der Waals surface area contributed by atoms with E-state index < -0.39 is 0 Å². The van der Waals surface area contributed by atoms with Crippen LogP contribution in [-0.2, 0) is 18.5 Å². The molecular weight excluding hydrogens is 500 g/mol. The fraction of sp³-hybridized carbons (Fsp3) is 0.189. The number of pyridine rings is 2. The van der Waals surface area contributed by atoms with Gasteiger partial charge in [-0.2, -0.15) is 0 Å². The van der Waals surface area contributed by atoms with E-state index in [1.54, 1.807) is 0 Å². The molecule has 1 spiro atoms. The lowest BCUT2D eigenvalue weighted by molar-refractivity contribution is 0.294. The lowest BCUT2D eigenvalue weighted by Gasteiger charge is -2.59. The number of benzene rings is 4. The molecule has 2 N–H and O–H groups in total. The molecule has 2 aromatic heterocycles. The van der Waals surface area contributed by atoms with Gasteiger partial charge in [0.25, 0.3) is 0 Å². The zero-order valence-electron chi connectivity index (χ0n) is 22.7. The van der Waals surface area contributed by atoms with Crippen molar-refractivity contribution in [2.45, 2.75) is 42.4 Å². The molecule has 0 aliphatic heterocycles. The summed E-state index contributed by atoms with van der Waals surface area (Å²) in [6.07, 6.45) is 4.00. The normalized spacial score (nSPS) is 25.1. The lowest BCUT2D eigenvalue weighted by atomic mass is 9.43. The summed E-state index contributed by atoms with van der Waals surface area (Å²) in [4.78, 5) is 9.64. The Morgan fingerprint density at radius 2 is 0.927 bits per heavy atom. The number of fused-ring (bicyclic) bond motifs is 6. The first kappa shape index (κ1) is 23.3. The number of nitrogens with one attached hydrogen (secondary N) is 2. The molecule has 4 atom stereocenters. The summed E-state index contributed by atoms with van der Waals surface area (Å²) in [5.74, 6) is 0.835. The number of hydrogen-bond donors (Lipinski definition) is 2. The summed E-state index contributed by atoms with van der Waals surface area (Å²) < 4.78 is 0. The van der Waals surface area contributed by atoms with Crippen molar-refractivity contribution in [2.24, 2.45) is 0 Å². The zero-order valence-corrected chi connectivity index (χ0v) is 22.7. The average molecular weight is 531 g/mol. The summed E-state index contributed by atoms with van der Waals surface area (Å²) in [6.45, 7) is 1.47. The average Bonchev–Trinajstić information content (AvgIpc) is 3.22. The van der Waals surface area contributed by atoms with E-state index in [4.69, 9.17) is 9.97 Å². The van der Waals surface area contributed by atoms with E-state index in [1.807, 2.05) is 12.4 Å². The van der Waals surface area contributed by atoms with Crippen molar-refractivity contribution in [1.82, 2.24) is 20.6 Å². The summed E-state index contributed by atoms with van der Waals surface area (Å²) in [5, 5.41) is 12.9. The summed E-state index contributed by atoms with van der Waals surface area (Å²) in [7, 11) is 0. The first-order valence-corrected chi connectivity index (χ1v) is 14.7. The Morgan fingerprint density at radius 3 is 1.41 bits per heavy atom. The van der Waals surface area contributed by atoms with Crippen LogP contribution >= 0.6 is 0 Å². The van der Waals surface area contributed by atoms with Crippen LogP contribution in [0, 0.1) is 0 Å². The monoisotopic (exact) mass is 530 g/mol. The van der Waals surface area contributed by atoms with Crippen molar-refractivity contribution in [2.75, 3.05) is 0 Å². The Morgan fingerprint density at radius 1 is 0.512 bits per heavy atom. The fourth-order valence-corrected chi connectivity index (χ4v) is 8.39. The Balaban J connectivity index is 1.09. The van der Waals surface area contributed by atoms with Gasteiger partial charge in [0.2, 0.25) is 0 Å². The molecular formula is C37H30N4. The SMILES string of the molecule is c1ccc2c(c1)C1C(NCc3cc4ccccc4cn3)C(NCc3cc4ccccc4cn3)C3c4ccccc4C213. The van der Waals surface area contributed by atoms with Gasteiger partial charge < -0.3 is 10.6 Å². The highest BCUT2D eigenvalue weighted by atomic mass is 15.1. The maximum absolute atomic E-state index is 4.82. The standard InChI is InChI=1S/C37H30N4/c1-3-11-25-19-38-27(17-23(25)9-1)21-40-35-33-29-13-5-7-15-31(29)37(33)32-16-8-6-14-30(32)34(37)36(35)41-22-28-18-24-10-2-4-12-26(24)20-39-28/h1-20,33-36,40-41H,21-22H2. The smallest absolute Gasteiger partial charge is 0.0548 e. The highest BCUT2D eigenvalue weighted by Gasteiger charge is 2.73. The van der Waals surface area contributed by atoms with E-state index in [1.165, 1.54) is 43.8 Å². The molecule has 6 aromatic rings. The molecule has 2 heterocycles. The van der Waals surface area contributed by atoms with Crippen molar-refractivity contribution < 1.29 is 0 Å². The topological polar surface area (TPSA) is 49.8 Å². The van der Waals surface area contributed by atoms with Gasteiger partial charge in [0, 0.05) is 65.6 Å². The van der Waals surface area contributed by atoms with Crippen LogP contribution in [0.25, 0.3) is 21.5 Å². The number of nitrogens with zero attached hydrogens (tertiary/aromatic N) is 2. The third kappa shape index (κ3) is 3.23. The van der Waals surface area contributed by atoms with Gasteiger partial charge in [-0.25, -0.2) is 0 Å². The highest BCUT2D eigenvalue weighted by Crippen LogP contribution is 2.75. The minimum absolute atomic E-state index is 0.0656. The van der Waals surface area contributed by atoms with E-state index in [2.05, 4.69) is 120 Å². The van der Waals surface area contributed by atoms with Crippen molar-refractivity contribution in [1.29, 1.82) is 0 Å².